The number of amides is 2. The molecule has 0 spiro atoms. The number of anilines is 2. The van der Waals surface area contributed by atoms with Crippen molar-refractivity contribution < 1.29 is 19.4 Å². The van der Waals surface area contributed by atoms with Gasteiger partial charge in [-0.15, -0.1) is 0 Å². The Morgan fingerprint density at radius 2 is 1.72 bits per heavy atom. The monoisotopic (exact) mass is 395 g/mol. The Morgan fingerprint density at radius 1 is 1.03 bits per heavy atom. The number of nitro groups is 1. The van der Waals surface area contributed by atoms with Crippen LogP contribution in [0.4, 0.5) is 17.1 Å². The van der Waals surface area contributed by atoms with Gasteiger partial charge >= 0.3 is 0 Å². The van der Waals surface area contributed by atoms with Crippen LogP contribution >= 0.6 is 0 Å². The van der Waals surface area contributed by atoms with Crippen molar-refractivity contribution in [1.82, 2.24) is 0 Å². The fourth-order valence-electron chi connectivity index (χ4n) is 4.17. The zero-order chi connectivity index (χ0) is 20.5. The summed E-state index contributed by atoms with van der Waals surface area (Å²) >= 11 is 0. The van der Waals surface area contributed by atoms with E-state index in [0.29, 0.717) is 5.69 Å². The lowest BCUT2D eigenvalue weighted by Gasteiger charge is -2.35. The zero-order valence-electron chi connectivity index (χ0n) is 16.2. The molecule has 0 bridgehead atoms. The lowest BCUT2D eigenvalue weighted by Crippen LogP contribution is -3.19. The molecule has 2 aromatic rings. The molecular weight excluding hydrogens is 372 g/mol. The van der Waals surface area contributed by atoms with Crippen LogP contribution in [0.15, 0.2) is 48.5 Å². The van der Waals surface area contributed by atoms with Crippen LogP contribution in [-0.4, -0.2) is 49.0 Å². The van der Waals surface area contributed by atoms with Gasteiger partial charge in [-0.3, -0.25) is 19.7 Å². The second-order valence-electron chi connectivity index (χ2n) is 7.58. The molecule has 0 aromatic heterocycles. The van der Waals surface area contributed by atoms with Crippen molar-refractivity contribution in [3.05, 3.63) is 64.2 Å². The molecule has 2 aliphatic rings. The van der Waals surface area contributed by atoms with Crippen LogP contribution in [-0.2, 0) is 9.59 Å². The predicted molar refractivity (Wildman–Crippen MR) is 108 cm³/mol. The van der Waals surface area contributed by atoms with Crippen molar-refractivity contribution in [2.45, 2.75) is 19.4 Å². The van der Waals surface area contributed by atoms with E-state index in [9.17, 15) is 19.7 Å². The Balaban J connectivity index is 1.41. The molecule has 150 valence electrons. The molecule has 2 amide bonds. The number of carbonyl (C=O) groups excluding carboxylic acids is 2. The molecule has 0 aliphatic carbocycles. The van der Waals surface area contributed by atoms with Crippen molar-refractivity contribution in [2.24, 2.45) is 0 Å². The second kappa shape index (κ2) is 7.63. The zero-order valence-corrected chi connectivity index (χ0v) is 16.2. The summed E-state index contributed by atoms with van der Waals surface area (Å²) in [6.45, 7) is 4.88. The number of benzene rings is 2. The van der Waals surface area contributed by atoms with Gasteiger partial charge in [0.1, 0.15) is 0 Å². The van der Waals surface area contributed by atoms with Gasteiger partial charge in [0.15, 0.2) is 6.04 Å². The van der Waals surface area contributed by atoms with Crippen LogP contribution in [0.5, 0.6) is 0 Å². The Labute approximate surface area is 168 Å². The maximum Gasteiger partial charge on any atom is 0.292 e. The summed E-state index contributed by atoms with van der Waals surface area (Å²) in [5.74, 6) is -0.268. The minimum absolute atomic E-state index is 0.0734. The highest BCUT2D eigenvalue weighted by Crippen LogP contribution is 2.23. The number of nitrogens with one attached hydrogen (secondary N) is 1. The summed E-state index contributed by atoms with van der Waals surface area (Å²) in [6.07, 6.45) is 0.236. The van der Waals surface area contributed by atoms with Crippen LogP contribution in [0.1, 0.15) is 12.0 Å². The van der Waals surface area contributed by atoms with Gasteiger partial charge in [-0.25, -0.2) is 4.90 Å². The van der Waals surface area contributed by atoms with Crippen LogP contribution in [0.3, 0.4) is 0 Å². The summed E-state index contributed by atoms with van der Waals surface area (Å²) in [5.41, 5.74) is 2.66. The number of aryl methyl sites for hydroxylation is 1. The van der Waals surface area contributed by atoms with Crippen molar-refractivity contribution in [3.63, 3.8) is 0 Å². The standard InChI is InChI=1S/C21H22N4O4/c1-15-3-2-4-18(13-15)24-20(26)14-19(21(24)27)23-11-9-22(10-12-23)16-5-7-17(8-6-16)25(28)29/h2-8,13,19H,9-12,14H2,1H3/p+1/t19-/m0/s1. The van der Waals surface area contributed by atoms with Gasteiger partial charge in [0, 0.05) is 17.8 Å². The van der Waals surface area contributed by atoms with Crippen molar-refractivity contribution in [2.75, 3.05) is 36.0 Å². The van der Waals surface area contributed by atoms with Gasteiger partial charge in [-0.05, 0) is 36.8 Å². The molecule has 8 nitrogen and oxygen atoms in total. The first kappa shape index (κ1) is 19.1. The van der Waals surface area contributed by atoms with Gasteiger partial charge in [-0.1, -0.05) is 12.1 Å². The molecule has 2 aromatic carbocycles. The third-order valence-electron chi connectivity index (χ3n) is 5.73. The normalized spacial score (nSPS) is 20.4. The van der Waals surface area contributed by atoms with Gasteiger partial charge in [0.25, 0.3) is 11.6 Å². The molecule has 29 heavy (non-hydrogen) atoms. The summed E-state index contributed by atoms with van der Waals surface area (Å²) in [7, 11) is 0. The van der Waals surface area contributed by atoms with E-state index in [1.54, 1.807) is 18.2 Å². The first-order valence-corrected chi connectivity index (χ1v) is 9.71. The molecule has 2 heterocycles. The van der Waals surface area contributed by atoms with Crippen LogP contribution in [0.25, 0.3) is 0 Å². The van der Waals surface area contributed by atoms with Crippen molar-refractivity contribution >= 4 is 28.9 Å². The number of imide groups is 1. The largest absolute Gasteiger partial charge is 0.360 e. The Morgan fingerprint density at radius 3 is 2.34 bits per heavy atom. The molecule has 1 N–H and O–H groups in total. The van der Waals surface area contributed by atoms with E-state index in [2.05, 4.69) is 4.90 Å². The Hall–Kier alpha value is -3.26. The number of non-ortho nitro benzene ring substituents is 1. The lowest BCUT2D eigenvalue weighted by atomic mass is 10.1. The van der Waals surface area contributed by atoms with E-state index in [1.807, 2.05) is 25.1 Å². The Bertz CT molecular complexity index is 951. The molecule has 8 heteroatoms. The molecule has 0 unspecified atom stereocenters. The van der Waals surface area contributed by atoms with Gasteiger partial charge in [-0.2, -0.15) is 0 Å². The second-order valence-corrected chi connectivity index (χ2v) is 7.58. The van der Waals surface area contributed by atoms with E-state index < -0.39 is 4.92 Å². The molecular formula is C21H23N4O4+. The van der Waals surface area contributed by atoms with Crippen molar-refractivity contribution in [1.29, 1.82) is 0 Å². The van der Waals surface area contributed by atoms with E-state index in [4.69, 9.17) is 0 Å². The number of hydrogen-bond acceptors (Lipinski definition) is 5. The molecule has 0 saturated carbocycles. The maximum absolute atomic E-state index is 13.0. The van der Waals surface area contributed by atoms with Gasteiger partial charge < -0.3 is 9.80 Å². The number of carbonyl (C=O) groups is 2. The highest BCUT2D eigenvalue weighted by atomic mass is 16.6. The highest BCUT2D eigenvalue weighted by molar-refractivity contribution is 6.21. The van der Waals surface area contributed by atoms with E-state index in [1.165, 1.54) is 17.0 Å². The Kier molecular flexibility index (Phi) is 5.02. The fraction of sp³-hybridized carbons (Fsp3) is 0.333. The van der Waals surface area contributed by atoms with E-state index >= 15 is 0 Å². The molecule has 1 atom stereocenters. The minimum Gasteiger partial charge on any atom is -0.360 e. The summed E-state index contributed by atoms with van der Waals surface area (Å²) in [4.78, 5) is 40.5. The summed E-state index contributed by atoms with van der Waals surface area (Å²) in [5, 5.41) is 10.8. The number of hydrogen-bond donors (Lipinski definition) is 1. The van der Waals surface area contributed by atoms with Crippen molar-refractivity contribution in [3.8, 4) is 0 Å². The summed E-state index contributed by atoms with van der Waals surface area (Å²) in [6, 6.07) is 13.6. The summed E-state index contributed by atoms with van der Waals surface area (Å²) < 4.78 is 0. The van der Waals surface area contributed by atoms with E-state index in [0.717, 1.165) is 42.3 Å². The number of quaternary nitrogens is 1. The lowest BCUT2D eigenvalue weighted by molar-refractivity contribution is -0.915. The molecule has 2 saturated heterocycles. The molecule has 2 aliphatic heterocycles. The number of piperazine rings is 1. The number of rotatable bonds is 4. The smallest absolute Gasteiger partial charge is 0.292 e. The van der Waals surface area contributed by atoms with Gasteiger partial charge in [0.2, 0.25) is 5.91 Å². The van der Waals surface area contributed by atoms with Crippen LogP contribution in [0, 0.1) is 17.0 Å². The third kappa shape index (κ3) is 3.71. The van der Waals surface area contributed by atoms with Crippen LogP contribution in [0.2, 0.25) is 0 Å². The predicted octanol–water partition coefficient (Wildman–Crippen LogP) is 0.940. The average Bonchev–Trinajstić information content (AvgIpc) is 3.02. The molecule has 4 rings (SSSR count). The first-order valence-electron chi connectivity index (χ1n) is 9.71. The minimum atomic E-state index is -0.408. The third-order valence-corrected chi connectivity index (χ3v) is 5.73. The van der Waals surface area contributed by atoms with E-state index in [-0.39, 0.29) is 30.0 Å². The number of nitro benzene ring substituents is 1. The molecule has 2 fully saturated rings. The maximum atomic E-state index is 13.0. The van der Waals surface area contributed by atoms with Gasteiger partial charge in [0.05, 0.1) is 43.2 Å². The topological polar surface area (TPSA) is 88.2 Å². The van der Waals surface area contributed by atoms with Crippen LogP contribution < -0.4 is 14.7 Å². The molecule has 0 radical (unpaired) electrons. The highest BCUT2D eigenvalue weighted by Gasteiger charge is 2.46. The fourth-order valence-corrected chi connectivity index (χ4v) is 4.17. The quantitative estimate of drug-likeness (QED) is 0.473. The first-order chi connectivity index (χ1) is 13.9. The number of nitrogens with zero attached hydrogens (tertiary/aromatic N) is 3. The average molecular weight is 395 g/mol. The SMILES string of the molecule is Cc1cccc(N2C(=O)C[C@H]([NH+]3CCN(c4ccc([N+](=O)[O-])cc4)CC3)C2=O)c1.